The third kappa shape index (κ3) is 4.07. The Morgan fingerprint density at radius 2 is 1.71 bits per heavy atom. The van der Waals surface area contributed by atoms with E-state index in [2.05, 4.69) is 11.4 Å². The normalized spacial score (nSPS) is 16.2. The first-order valence-corrected chi connectivity index (χ1v) is 11.6. The Labute approximate surface area is 199 Å². The lowest BCUT2D eigenvalue weighted by atomic mass is 9.90. The average Bonchev–Trinajstić information content (AvgIpc) is 3.19. The van der Waals surface area contributed by atoms with Crippen molar-refractivity contribution in [2.45, 2.75) is 31.8 Å². The third-order valence-corrected chi connectivity index (χ3v) is 6.71. The molecule has 0 aliphatic carbocycles. The van der Waals surface area contributed by atoms with Crippen molar-refractivity contribution in [2.75, 3.05) is 6.54 Å². The smallest absolute Gasteiger partial charge is 0.223 e. The molecule has 0 spiro atoms. The molecule has 5 rings (SSSR count). The average molecular weight is 453 g/mol. The number of hydrogen-bond donors (Lipinski definition) is 1. The number of carbonyl (C=O) groups is 2. The molecule has 0 fully saturated rings. The van der Waals surface area contributed by atoms with Gasteiger partial charge in [-0.05, 0) is 35.2 Å². The van der Waals surface area contributed by atoms with Crippen molar-refractivity contribution >= 4 is 22.8 Å². The first-order chi connectivity index (χ1) is 16.5. The number of aryl methyl sites for hydroxylation is 1. The van der Waals surface area contributed by atoms with Crippen molar-refractivity contribution in [2.24, 2.45) is 7.05 Å². The number of nitrogens with one attached hydrogen (secondary N) is 1. The zero-order valence-electron chi connectivity index (χ0n) is 19.4. The van der Waals surface area contributed by atoms with Crippen LogP contribution in [0.3, 0.4) is 0 Å². The SMILES string of the molecule is CC(=O)N1CCc2ccccc2C1CC(=O)NC(c1ccccc1)c1nc2ccccc2n1C. The summed E-state index contributed by atoms with van der Waals surface area (Å²) < 4.78 is 2.03. The van der Waals surface area contributed by atoms with Gasteiger partial charge in [-0.15, -0.1) is 0 Å². The first-order valence-electron chi connectivity index (χ1n) is 11.6. The molecule has 0 bridgehead atoms. The van der Waals surface area contributed by atoms with Crippen LogP contribution < -0.4 is 5.32 Å². The van der Waals surface area contributed by atoms with E-state index in [1.165, 1.54) is 5.56 Å². The van der Waals surface area contributed by atoms with E-state index in [1.807, 2.05) is 89.3 Å². The summed E-state index contributed by atoms with van der Waals surface area (Å²) in [5, 5.41) is 3.23. The molecule has 2 heterocycles. The van der Waals surface area contributed by atoms with Crippen LogP contribution in [0.2, 0.25) is 0 Å². The number of fused-ring (bicyclic) bond motifs is 2. The molecule has 172 valence electrons. The van der Waals surface area contributed by atoms with Gasteiger partial charge >= 0.3 is 0 Å². The Morgan fingerprint density at radius 1 is 1.00 bits per heavy atom. The van der Waals surface area contributed by atoms with Gasteiger partial charge in [-0.25, -0.2) is 4.98 Å². The van der Waals surface area contributed by atoms with Gasteiger partial charge in [-0.1, -0.05) is 66.7 Å². The van der Waals surface area contributed by atoms with Crippen LogP contribution in [0.25, 0.3) is 11.0 Å². The van der Waals surface area contributed by atoms with Gasteiger partial charge in [0.2, 0.25) is 11.8 Å². The molecule has 2 amide bonds. The molecular formula is C28H28N4O2. The lowest BCUT2D eigenvalue weighted by Crippen LogP contribution is -2.42. The van der Waals surface area contributed by atoms with Crippen LogP contribution in [0.1, 0.15) is 47.9 Å². The molecule has 0 radical (unpaired) electrons. The highest BCUT2D eigenvalue weighted by molar-refractivity contribution is 5.81. The van der Waals surface area contributed by atoms with Gasteiger partial charge in [-0.2, -0.15) is 0 Å². The Kier molecular flexibility index (Phi) is 5.88. The van der Waals surface area contributed by atoms with Crippen LogP contribution in [0, 0.1) is 0 Å². The molecule has 4 aromatic rings. The summed E-state index contributed by atoms with van der Waals surface area (Å²) in [7, 11) is 1.97. The molecule has 1 aliphatic heterocycles. The number of rotatable bonds is 5. The second kappa shape index (κ2) is 9.14. The van der Waals surface area contributed by atoms with Crippen molar-refractivity contribution in [3.63, 3.8) is 0 Å². The lowest BCUT2D eigenvalue weighted by molar-refractivity contribution is -0.133. The van der Waals surface area contributed by atoms with E-state index in [1.54, 1.807) is 6.92 Å². The summed E-state index contributed by atoms with van der Waals surface area (Å²) in [6.45, 7) is 2.20. The molecule has 2 unspecified atom stereocenters. The highest BCUT2D eigenvalue weighted by Crippen LogP contribution is 2.33. The Bertz CT molecular complexity index is 1350. The van der Waals surface area contributed by atoms with Gasteiger partial charge in [0, 0.05) is 20.5 Å². The van der Waals surface area contributed by atoms with Crippen molar-refractivity contribution < 1.29 is 9.59 Å². The number of amides is 2. The van der Waals surface area contributed by atoms with Crippen LogP contribution in [0.4, 0.5) is 0 Å². The predicted octanol–water partition coefficient (Wildman–Crippen LogP) is 4.31. The van der Waals surface area contributed by atoms with Crippen LogP contribution in [-0.2, 0) is 23.1 Å². The summed E-state index contributed by atoms with van der Waals surface area (Å²) in [5.41, 5.74) is 5.11. The summed E-state index contributed by atoms with van der Waals surface area (Å²) >= 11 is 0. The van der Waals surface area contributed by atoms with Crippen LogP contribution in [-0.4, -0.2) is 32.8 Å². The quantitative estimate of drug-likeness (QED) is 0.491. The molecule has 1 N–H and O–H groups in total. The maximum atomic E-state index is 13.5. The monoisotopic (exact) mass is 452 g/mol. The molecule has 6 heteroatoms. The fourth-order valence-corrected chi connectivity index (χ4v) is 5.01. The Hall–Kier alpha value is -3.93. The van der Waals surface area contributed by atoms with E-state index >= 15 is 0 Å². The molecule has 1 aromatic heterocycles. The fourth-order valence-electron chi connectivity index (χ4n) is 5.01. The molecule has 0 saturated carbocycles. The first kappa shape index (κ1) is 21.9. The van der Waals surface area contributed by atoms with Gasteiger partial charge in [0.25, 0.3) is 0 Å². The number of aromatic nitrogens is 2. The second-order valence-corrected chi connectivity index (χ2v) is 8.81. The van der Waals surface area contributed by atoms with E-state index in [9.17, 15) is 9.59 Å². The Morgan fingerprint density at radius 3 is 2.47 bits per heavy atom. The lowest BCUT2D eigenvalue weighted by Gasteiger charge is -2.36. The minimum absolute atomic E-state index is 0.0118. The number of nitrogens with zero attached hydrogens (tertiary/aromatic N) is 3. The third-order valence-electron chi connectivity index (χ3n) is 6.71. The van der Waals surface area contributed by atoms with Crippen molar-refractivity contribution in [3.8, 4) is 0 Å². The minimum atomic E-state index is -0.407. The molecule has 3 aromatic carbocycles. The number of para-hydroxylation sites is 2. The second-order valence-electron chi connectivity index (χ2n) is 8.81. The largest absolute Gasteiger partial charge is 0.342 e. The van der Waals surface area contributed by atoms with E-state index in [-0.39, 0.29) is 24.3 Å². The van der Waals surface area contributed by atoms with Crippen LogP contribution in [0.5, 0.6) is 0 Å². The molecule has 0 saturated heterocycles. The number of imidazole rings is 1. The van der Waals surface area contributed by atoms with E-state index in [0.29, 0.717) is 6.54 Å². The molecule has 1 aliphatic rings. The maximum absolute atomic E-state index is 13.5. The van der Waals surface area contributed by atoms with Gasteiger partial charge in [0.05, 0.1) is 23.5 Å². The van der Waals surface area contributed by atoms with Gasteiger partial charge < -0.3 is 14.8 Å². The summed E-state index contributed by atoms with van der Waals surface area (Å²) in [5.74, 6) is 0.643. The number of carbonyl (C=O) groups excluding carboxylic acids is 2. The van der Waals surface area contributed by atoms with Gasteiger partial charge in [0.15, 0.2) is 0 Å². The van der Waals surface area contributed by atoms with Crippen molar-refractivity contribution in [3.05, 3.63) is 101 Å². The summed E-state index contributed by atoms with van der Waals surface area (Å²) in [6.07, 6.45) is 1.00. The van der Waals surface area contributed by atoms with Crippen LogP contribution in [0.15, 0.2) is 78.9 Å². The number of benzene rings is 3. The molecule has 2 atom stereocenters. The van der Waals surface area contributed by atoms with Crippen molar-refractivity contribution in [1.82, 2.24) is 19.8 Å². The molecule has 6 nitrogen and oxygen atoms in total. The topological polar surface area (TPSA) is 67.2 Å². The predicted molar refractivity (Wildman–Crippen MR) is 132 cm³/mol. The molecular weight excluding hydrogens is 424 g/mol. The summed E-state index contributed by atoms with van der Waals surface area (Å²) in [4.78, 5) is 32.5. The van der Waals surface area contributed by atoms with Crippen LogP contribution >= 0.6 is 0 Å². The minimum Gasteiger partial charge on any atom is -0.342 e. The van der Waals surface area contributed by atoms with E-state index < -0.39 is 6.04 Å². The van der Waals surface area contributed by atoms with E-state index in [4.69, 9.17) is 4.98 Å². The van der Waals surface area contributed by atoms with E-state index in [0.717, 1.165) is 34.4 Å². The molecule has 34 heavy (non-hydrogen) atoms. The zero-order chi connectivity index (χ0) is 23.7. The van der Waals surface area contributed by atoms with Crippen molar-refractivity contribution in [1.29, 1.82) is 0 Å². The highest BCUT2D eigenvalue weighted by Gasteiger charge is 2.32. The number of hydrogen-bond acceptors (Lipinski definition) is 3. The Balaban J connectivity index is 1.48. The highest BCUT2D eigenvalue weighted by atomic mass is 16.2. The summed E-state index contributed by atoms with van der Waals surface area (Å²) in [6, 6.07) is 25.3. The van der Waals surface area contributed by atoms with Gasteiger partial charge in [-0.3, -0.25) is 9.59 Å². The van der Waals surface area contributed by atoms with Gasteiger partial charge in [0.1, 0.15) is 11.9 Å². The fraction of sp³-hybridized carbons (Fsp3) is 0.250. The standard InChI is InChI=1S/C28H28N4O2/c1-19(33)32-17-16-20-10-6-7-13-22(20)25(32)18-26(34)30-27(21-11-4-3-5-12-21)28-29-23-14-8-9-15-24(23)31(28)2/h3-15,25,27H,16-18H2,1-2H3,(H,30,34). The maximum Gasteiger partial charge on any atom is 0.223 e. The zero-order valence-corrected chi connectivity index (χ0v) is 19.4.